The number of nitrogens with one attached hydrogen (secondary N) is 1. The predicted molar refractivity (Wildman–Crippen MR) is 106 cm³/mol. The minimum absolute atomic E-state index is 0.0308. The summed E-state index contributed by atoms with van der Waals surface area (Å²) < 4.78 is 2.54. The third-order valence-electron chi connectivity index (χ3n) is 5.39. The van der Waals surface area contributed by atoms with E-state index >= 15 is 0 Å². The molecule has 7 nitrogen and oxygen atoms in total. The fourth-order valence-corrected chi connectivity index (χ4v) is 3.49. The number of carbonyl (C=O) groups excluding carboxylic acids is 1. The van der Waals surface area contributed by atoms with Crippen molar-refractivity contribution in [3.63, 3.8) is 0 Å². The van der Waals surface area contributed by atoms with Crippen LogP contribution in [0.15, 0.2) is 33.9 Å². The highest BCUT2D eigenvalue weighted by Crippen LogP contribution is 2.23. The van der Waals surface area contributed by atoms with Gasteiger partial charge in [-0.3, -0.25) is 18.7 Å². The molecule has 7 heteroatoms. The second kappa shape index (κ2) is 7.42. The van der Waals surface area contributed by atoms with Crippen LogP contribution < -0.4 is 21.5 Å². The monoisotopic (exact) mass is 370 g/mol. The number of hydrogen-bond donors (Lipinski definition) is 1. The number of nitrogens with zero attached hydrogens (tertiary/aromatic N) is 3. The van der Waals surface area contributed by atoms with Crippen molar-refractivity contribution < 1.29 is 4.79 Å². The van der Waals surface area contributed by atoms with Crippen molar-refractivity contribution in [2.45, 2.75) is 26.7 Å². The zero-order chi connectivity index (χ0) is 19.7. The summed E-state index contributed by atoms with van der Waals surface area (Å²) in [4.78, 5) is 38.9. The first-order valence-corrected chi connectivity index (χ1v) is 9.18. The highest BCUT2D eigenvalue weighted by atomic mass is 16.2. The Hall–Kier alpha value is -2.83. The number of rotatable bonds is 3. The first kappa shape index (κ1) is 18.9. The van der Waals surface area contributed by atoms with Crippen LogP contribution in [0.25, 0.3) is 0 Å². The lowest BCUT2D eigenvalue weighted by Gasteiger charge is -2.34. The smallest absolute Gasteiger partial charge is 0.332 e. The molecule has 144 valence electrons. The minimum Gasteiger partial charge on any atom is -0.357 e. The standard InChI is InChI=1S/C20H26N4O3/c1-13-7-8-16(10-14(13)2)21-19(26)15-6-5-9-24(12-15)17-11-18(25)23(4)20(27)22(17)3/h7-8,10-11,15H,5-6,9,12H2,1-4H3,(H,21,26). The molecule has 1 unspecified atom stereocenters. The molecule has 0 aliphatic carbocycles. The zero-order valence-corrected chi connectivity index (χ0v) is 16.3. The van der Waals surface area contributed by atoms with Gasteiger partial charge in [-0.2, -0.15) is 0 Å². The molecule has 1 fully saturated rings. The molecule has 1 aromatic heterocycles. The Morgan fingerprint density at radius 2 is 1.81 bits per heavy atom. The van der Waals surface area contributed by atoms with Crippen LogP contribution in [0.2, 0.25) is 0 Å². The summed E-state index contributed by atoms with van der Waals surface area (Å²) in [6, 6.07) is 7.34. The molecule has 1 amide bonds. The van der Waals surface area contributed by atoms with Gasteiger partial charge >= 0.3 is 5.69 Å². The molecule has 3 rings (SSSR count). The van der Waals surface area contributed by atoms with E-state index in [9.17, 15) is 14.4 Å². The number of aromatic nitrogens is 2. The Kier molecular flexibility index (Phi) is 5.21. The van der Waals surface area contributed by atoms with Crippen LogP contribution in [0.1, 0.15) is 24.0 Å². The number of anilines is 2. The quantitative estimate of drug-likeness (QED) is 0.890. The largest absolute Gasteiger partial charge is 0.357 e. The number of hydrogen-bond acceptors (Lipinski definition) is 4. The third-order valence-corrected chi connectivity index (χ3v) is 5.39. The molecule has 0 spiro atoms. The molecule has 1 aliphatic heterocycles. The second-order valence-corrected chi connectivity index (χ2v) is 7.31. The summed E-state index contributed by atoms with van der Waals surface area (Å²) in [5.74, 6) is 0.336. The number of carbonyl (C=O) groups is 1. The van der Waals surface area contributed by atoms with Gasteiger partial charge in [0.1, 0.15) is 5.82 Å². The highest BCUT2D eigenvalue weighted by molar-refractivity contribution is 5.93. The van der Waals surface area contributed by atoms with Gasteiger partial charge in [-0.05, 0) is 49.9 Å². The van der Waals surface area contributed by atoms with E-state index in [1.54, 1.807) is 7.05 Å². The number of piperidine rings is 1. The summed E-state index contributed by atoms with van der Waals surface area (Å²) in [5, 5.41) is 3.00. The van der Waals surface area contributed by atoms with Crippen molar-refractivity contribution in [1.82, 2.24) is 9.13 Å². The van der Waals surface area contributed by atoms with Gasteiger partial charge in [-0.25, -0.2) is 4.79 Å². The van der Waals surface area contributed by atoms with Crippen molar-refractivity contribution in [1.29, 1.82) is 0 Å². The summed E-state index contributed by atoms with van der Waals surface area (Å²) in [6.45, 7) is 5.25. The highest BCUT2D eigenvalue weighted by Gasteiger charge is 2.27. The van der Waals surface area contributed by atoms with Gasteiger partial charge in [-0.15, -0.1) is 0 Å². The van der Waals surface area contributed by atoms with Gasteiger partial charge in [-0.1, -0.05) is 6.07 Å². The van der Waals surface area contributed by atoms with Crippen LogP contribution in [0.3, 0.4) is 0 Å². The minimum atomic E-state index is -0.362. The van der Waals surface area contributed by atoms with Crippen LogP contribution in [0.4, 0.5) is 11.5 Å². The fourth-order valence-electron chi connectivity index (χ4n) is 3.49. The van der Waals surface area contributed by atoms with Crippen molar-refractivity contribution in [3.8, 4) is 0 Å². The Balaban J connectivity index is 1.78. The summed E-state index contributed by atoms with van der Waals surface area (Å²) in [6.07, 6.45) is 1.61. The molecule has 0 saturated carbocycles. The molecule has 1 aliphatic rings. The maximum absolute atomic E-state index is 12.7. The summed E-state index contributed by atoms with van der Waals surface area (Å²) in [7, 11) is 3.11. The maximum atomic E-state index is 12.7. The first-order valence-electron chi connectivity index (χ1n) is 9.18. The molecule has 2 heterocycles. The third kappa shape index (κ3) is 3.82. The first-order chi connectivity index (χ1) is 12.8. The van der Waals surface area contributed by atoms with Gasteiger partial charge in [0, 0.05) is 38.9 Å². The van der Waals surface area contributed by atoms with E-state index in [4.69, 9.17) is 0 Å². The van der Waals surface area contributed by atoms with Gasteiger partial charge in [0.05, 0.1) is 5.92 Å². The molecule has 2 aromatic rings. The van der Waals surface area contributed by atoms with E-state index in [0.29, 0.717) is 18.9 Å². The summed E-state index contributed by atoms with van der Waals surface area (Å²) >= 11 is 0. The van der Waals surface area contributed by atoms with E-state index < -0.39 is 0 Å². The van der Waals surface area contributed by atoms with Crippen molar-refractivity contribution in [2.24, 2.45) is 20.0 Å². The maximum Gasteiger partial charge on any atom is 0.332 e. The molecule has 1 N–H and O–H groups in total. The molecule has 1 aromatic carbocycles. The van der Waals surface area contributed by atoms with E-state index in [1.807, 2.05) is 36.9 Å². The lowest BCUT2D eigenvalue weighted by Crippen LogP contribution is -2.45. The van der Waals surface area contributed by atoms with Crippen molar-refractivity contribution >= 4 is 17.4 Å². The number of amides is 1. The molecule has 1 atom stereocenters. The second-order valence-electron chi connectivity index (χ2n) is 7.31. The number of aryl methyl sites for hydroxylation is 2. The van der Waals surface area contributed by atoms with E-state index in [1.165, 1.54) is 23.2 Å². The average molecular weight is 370 g/mol. The Morgan fingerprint density at radius 3 is 2.52 bits per heavy atom. The number of benzene rings is 1. The van der Waals surface area contributed by atoms with Crippen LogP contribution in [-0.4, -0.2) is 28.1 Å². The van der Waals surface area contributed by atoms with Crippen LogP contribution in [0, 0.1) is 19.8 Å². The van der Waals surface area contributed by atoms with Gasteiger partial charge in [0.2, 0.25) is 5.91 Å². The lowest BCUT2D eigenvalue weighted by molar-refractivity contribution is -0.120. The Morgan fingerprint density at radius 1 is 1.07 bits per heavy atom. The Labute approximate surface area is 158 Å². The molecule has 1 saturated heterocycles. The van der Waals surface area contributed by atoms with Crippen LogP contribution in [-0.2, 0) is 18.9 Å². The van der Waals surface area contributed by atoms with Crippen LogP contribution in [0.5, 0.6) is 0 Å². The predicted octanol–water partition coefficient (Wildman–Crippen LogP) is 1.56. The Bertz CT molecular complexity index is 990. The van der Waals surface area contributed by atoms with Gasteiger partial charge in [0.25, 0.3) is 5.56 Å². The molecule has 0 bridgehead atoms. The van der Waals surface area contributed by atoms with Crippen molar-refractivity contribution in [2.75, 3.05) is 23.3 Å². The van der Waals surface area contributed by atoms with Crippen LogP contribution >= 0.6 is 0 Å². The normalized spacial score (nSPS) is 17.0. The van der Waals surface area contributed by atoms with E-state index in [-0.39, 0.29) is 23.1 Å². The molecular weight excluding hydrogens is 344 g/mol. The SMILES string of the molecule is Cc1ccc(NC(=O)C2CCCN(c3cc(=O)n(C)c(=O)n3C)C2)cc1C. The fraction of sp³-hybridized carbons (Fsp3) is 0.450. The van der Waals surface area contributed by atoms with Gasteiger partial charge < -0.3 is 10.2 Å². The molecule has 0 radical (unpaired) electrons. The average Bonchev–Trinajstić information content (AvgIpc) is 2.66. The zero-order valence-electron chi connectivity index (χ0n) is 16.3. The summed E-state index contributed by atoms with van der Waals surface area (Å²) in [5.41, 5.74) is 2.41. The molecule has 27 heavy (non-hydrogen) atoms. The van der Waals surface area contributed by atoms with E-state index in [0.717, 1.165) is 28.7 Å². The molecular formula is C20H26N4O3. The van der Waals surface area contributed by atoms with Crippen molar-refractivity contribution in [3.05, 3.63) is 56.2 Å². The van der Waals surface area contributed by atoms with E-state index in [2.05, 4.69) is 5.32 Å². The lowest BCUT2D eigenvalue weighted by atomic mass is 9.97. The topological polar surface area (TPSA) is 76.3 Å². The van der Waals surface area contributed by atoms with Gasteiger partial charge in [0.15, 0.2) is 0 Å².